The number of aliphatic hydroxyl groups excluding tert-OH is 1. The van der Waals surface area contributed by atoms with Crippen molar-refractivity contribution in [3.05, 3.63) is 0 Å². The van der Waals surface area contributed by atoms with Crippen LogP contribution in [0.3, 0.4) is 0 Å². The maximum absolute atomic E-state index is 12.2. The van der Waals surface area contributed by atoms with Crippen LogP contribution in [-0.4, -0.2) is 63.0 Å². The summed E-state index contributed by atoms with van der Waals surface area (Å²) < 4.78 is 19.4. The fraction of sp³-hybridized carbons (Fsp3) is 0.852. The van der Waals surface area contributed by atoms with E-state index in [9.17, 15) is 24.3 Å². The van der Waals surface area contributed by atoms with E-state index in [1.807, 2.05) is 0 Å². The lowest BCUT2D eigenvalue weighted by molar-refractivity contribution is -0.147. The summed E-state index contributed by atoms with van der Waals surface area (Å²) in [7, 11) is 4.13. The quantitative estimate of drug-likeness (QED) is 0.117. The van der Waals surface area contributed by atoms with E-state index in [1.54, 1.807) is 0 Å². The number of rotatable bonds is 23. The molecule has 1 N–H and O–H groups in total. The van der Waals surface area contributed by atoms with Crippen LogP contribution in [0, 0.1) is 5.92 Å². The Labute approximate surface area is 216 Å². The van der Waals surface area contributed by atoms with Crippen LogP contribution in [0.2, 0.25) is 0 Å². The van der Waals surface area contributed by atoms with E-state index in [0.717, 1.165) is 64.2 Å². The molecule has 9 heteroatoms. The number of esters is 4. The maximum Gasteiger partial charge on any atom is 0.305 e. The predicted octanol–water partition coefficient (Wildman–Crippen LogP) is 4.66. The number of aliphatic hydroxyl groups is 1. The molecule has 0 radical (unpaired) electrons. The molecule has 0 saturated heterocycles. The molecular weight excluding hydrogens is 468 g/mol. The molecule has 0 aromatic heterocycles. The normalized spacial score (nSPS) is 12.4. The third kappa shape index (κ3) is 20.1. The van der Waals surface area contributed by atoms with Gasteiger partial charge in [0.25, 0.3) is 0 Å². The summed E-state index contributed by atoms with van der Waals surface area (Å²) in [5, 5.41) is 10.7. The molecule has 2 atom stereocenters. The van der Waals surface area contributed by atoms with Gasteiger partial charge < -0.3 is 24.1 Å². The van der Waals surface area contributed by atoms with Gasteiger partial charge in [-0.15, -0.1) is 0 Å². The summed E-state index contributed by atoms with van der Waals surface area (Å²) >= 11 is 0. The molecule has 0 aliphatic heterocycles. The largest absolute Gasteiger partial charge is 0.469 e. The standard InChI is InChI=1S/C27H48O9/c1-33-24(29)17-11-5-4-10-16-23(28)22(15-9-8-14-19-26(31)35-3)21-36-27(32)20-13-7-6-12-18-25(30)34-2/h22-23,28H,4-21H2,1-3H3. The average molecular weight is 517 g/mol. The zero-order chi connectivity index (χ0) is 27.0. The van der Waals surface area contributed by atoms with E-state index in [-0.39, 0.29) is 36.4 Å². The van der Waals surface area contributed by atoms with Gasteiger partial charge in [-0.1, -0.05) is 44.9 Å². The lowest BCUT2D eigenvalue weighted by atomic mass is 9.92. The minimum atomic E-state index is -0.572. The van der Waals surface area contributed by atoms with Gasteiger partial charge in [-0.05, 0) is 38.5 Å². The number of hydrogen-bond acceptors (Lipinski definition) is 9. The Hall–Kier alpha value is -2.16. The Morgan fingerprint density at radius 2 is 0.889 bits per heavy atom. The predicted molar refractivity (Wildman–Crippen MR) is 135 cm³/mol. The van der Waals surface area contributed by atoms with Gasteiger partial charge in [0.05, 0.1) is 34.0 Å². The van der Waals surface area contributed by atoms with E-state index >= 15 is 0 Å². The van der Waals surface area contributed by atoms with Gasteiger partial charge in [-0.2, -0.15) is 0 Å². The molecule has 0 saturated carbocycles. The number of hydrogen-bond donors (Lipinski definition) is 1. The molecule has 9 nitrogen and oxygen atoms in total. The van der Waals surface area contributed by atoms with Crippen molar-refractivity contribution in [1.82, 2.24) is 0 Å². The smallest absolute Gasteiger partial charge is 0.305 e. The Morgan fingerprint density at radius 1 is 0.528 bits per heavy atom. The van der Waals surface area contributed by atoms with Crippen molar-refractivity contribution in [3.63, 3.8) is 0 Å². The van der Waals surface area contributed by atoms with Crippen LogP contribution < -0.4 is 0 Å². The average Bonchev–Trinajstić information content (AvgIpc) is 2.88. The summed E-state index contributed by atoms with van der Waals surface area (Å²) in [6, 6.07) is 0. The molecule has 0 bridgehead atoms. The number of unbranched alkanes of at least 4 members (excludes halogenated alkanes) is 8. The minimum Gasteiger partial charge on any atom is -0.469 e. The molecule has 210 valence electrons. The van der Waals surface area contributed by atoms with Gasteiger partial charge in [0.15, 0.2) is 0 Å². The van der Waals surface area contributed by atoms with Crippen LogP contribution in [0.5, 0.6) is 0 Å². The van der Waals surface area contributed by atoms with Gasteiger partial charge in [-0.25, -0.2) is 0 Å². The lowest BCUT2D eigenvalue weighted by Gasteiger charge is -2.23. The second-order valence-electron chi connectivity index (χ2n) is 9.21. The van der Waals surface area contributed by atoms with Crippen molar-refractivity contribution >= 4 is 23.9 Å². The number of carbonyl (C=O) groups is 4. The third-order valence-electron chi connectivity index (χ3n) is 6.28. The Kier molecular flexibility index (Phi) is 21.9. The van der Waals surface area contributed by atoms with Crippen molar-refractivity contribution in [2.45, 2.75) is 115 Å². The van der Waals surface area contributed by atoms with Crippen LogP contribution in [0.15, 0.2) is 0 Å². The van der Waals surface area contributed by atoms with Crippen molar-refractivity contribution in [1.29, 1.82) is 0 Å². The summed E-state index contributed by atoms with van der Waals surface area (Å²) in [5.74, 6) is -1.07. The fourth-order valence-corrected chi connectivity index (χ4v) is 3.92. The number of ether oxygens (including phenoxy) is 4. The maximum atomic E-state index is 12.2. The van der Waals surface area contributed by atoms with Crippen molar-refractivity contribution in [2.75, 3.05) is 27.9 Å². The monoisotopic (exact) mass is 516 g/mol. The molecule has 0 fully saturated rings. The van der Waals surface area contributed by atoms with Gasteiger partial charge in [-0.3, -0.25) is 19.2 Å². The summed E-state index contributed by atoms with van der Waals surface area (Å²) in [5.41, 5.74) is 0. The van der Waals surface area contributed by atoms with Gasteiger partial charge in [0, 0.05) is 31.6 Å². The molecular formula is C27H48O9. The van der Waals surface area contributed by atoms with Crippen LogP contribution >= 0.6 is 0 Å². The molecule has 2 unspecified atom stereocenters. The van der Waals surface area contributed by atoms with Crippen molar-refractivity contribution < 1.29 is 43.2 Å². The second kappa shape index (κ2) is 23.3. The minimum absolute atomic E-state index is 0.151. The van der Waals surface area contributed by atoms with Crippen LogP contribution in [0.4, 0.5) is 0 Å². The molecule has 36 heavy (non-hydrogen) atoms. The van der Waals surface area contributed by atoms with E-state index in [0.29, 0.717) is 44.9 Å². The van der Waals surface area contributed by atoms with E-state index in [1.165, 1.54) is 21.3 Å². The van der Waals surface area contributed by atoms with E-state index in [2.05, 4.69) is 14.2 Å². The molecule has 0 heterocycles. The highest BCUT2D eigenvalue weighted by Gasteiger charge is 2.21. The second-order valence-corrected chi connectivity index (χ2v) is 9.21. The van der Waals surface area contributed by atoms with Crippen LogP contribution in [0.1, 0.15) is 109 Å². The zero-order valence-corrected chi connectivity index (χ0v) is 22.6. The molecule has 0 aliphatic rings. The highest BCUT2D eigenvalue weighted by Crippen LogP contribution is 2.21. The molecule has 0 aromatic carbocycles. The summed E-state index contributed by atoms with van der Waals surface area (Å²) in [6.45, 7) is 0.182. The highest BCUT2D eigenvalue weighted by atomic mass is 16.5. The van der Waals surface area contributed by atoms with E-state index < -0.39 is 6.10 Å². The molecule has 0 aromatic rings. The third-order valence-corrected chi connectivity index (χ3v) is 6.28. The van der Waals surface area contributed by atoms with Crippen molar-refractivity contribution in [3.8, 4) is 0 Å². The first kappa shape index (κ1) is 33.8. The van der Waals surface area contributed by atoms with Crippen LogP contribution in [0.25, 0.3) is 0 Å². The first-order chi connectivity index (χ1) is 17.3. The molecule has 0 rings (SSSR count). The molecule has 0 aliphatic carbocycles. The first-order valence-corrected chi connectivity index (χ1v) is 13.4. The highest BCUT2D eigenvalue weighted by molar-refractivity contribution is 5.70. The fourth-order valence-electron chi connectivity index (χ4n) is 3.92. The Bertz CT molecular complexity index is 606. The Balaban J connectivity index is 4.33. The summed E-state index contributed by atoms with van der Waals surface area (Å²) in [4.78, 5) is 45.7. The molecule has 0 amide bonds. The van der Waals surface area contributed by atoms with Gasteiger partial charge in [0.2, 0.25) is 0 Å². The summed E-state index contributed by atoms with van der Waals surface area (Å²) in [6.07, 6.45) is 11.2. The molecule has 0 spiro atoms. The topological polar surface area (TPSA) is 125 Å². The Morgan fingerprint density at radius 3 is 1.33 bits per heavy atom. The first-order valence-electron chi connectivity index (χ1n) is 13.4. The van der Waals surface area contributed by atoms with Gasteiger partial charge >= 0.3 is 23.9 Å². The van der Waals surface area contributed by atoms with Gasteiger partial charge in [0.1, 0.15) is 0 Å². The van der Waals surface area contributed by atoms with Crippen LogP contribution in [-0.2, 0) is 38.1 Å². The zero-order valence-electron chi connectivity index (χ0n) is 22.6. The lowest BCUT2D eigenvalue weighted by Crippen LogP contribution is -2.26. The van der Waals surface area contributed by atoms with Crippen molar-refractivity contribution in [2.24, 2.45) is 5.92 Å². The number of methoxy groups -OCH3 is 3. The SMILES string of the molecule is COC(=O)CCCCCCC(=O)OCC(CCCCCC(=O)OC)C(O)CCCCCCC(=O)OC. The number of carbonyl (C=O) groups excluding carboxylic acids is 4. The van der Waals surface area contributed by atoms with E-state index in [4.69, 9.17) is 4.74 Å².